The molecule has 9 heteroatoms. The fourth-order valence-electron chi connectivity index (χ4n) is 3.09. The number of aromatic nitrogens is 2. The molecule has 2 aromatic heterocycles. The summed E-state index contributed by atoms with van der Waals surface area (Å²) in [5.74, 6) is 0.384. The Morgan fingerprint density at radius 3 is 3.08 bits per heavy atom. The Morgan fingerprint density at radius 1 is 1.48 bits per heavy atom. The van der Waals surface area contributed by atoms with E-state index in [1.807, 2.05) is 36.1 Å². The minimum Gasteiger partial charge on any atom is -0.370 e. The first kappa shape index (κ1) is 16.3. The van der Waals surface area contributed by atoms with Crippen molar-refractivity contribution in [2.24, 2.45) is 0 Å². The maximum absolute atomic E-state index is 11.6. The van der Waals surface area contributed by atoms with Crippen LogP contribution in [0, 0.1) is 10.1 Å². The Hall–Kier alpha value is -2.16. The van der Waals surface area contributed by atoms with E-state index in [2.05, 4.69) is 4.98 Å². The van der Waals surface area contributed by atoms with E-state index in [1.54, 1.807) is 11.6 Å². The standard InChI is InChI=1S/C16H15ClN4O3S/c1-10-9-24-13(11-3-2-4-12(17)7-11)8-20(10)14-15(21(22)23)19-5-6-25-16(19)18-14/h2-7,10,13H,8-9H2,1H3. The van der Waals surface area contributed by atoms with Crippen LogP contribution < -0.4 is 4.90 Å². The Bertz CT molecular complexity index is 941. The molecule has 3 aromatic rings. The van der Waals surface area contributed by atoms with E-state index < -0.39 is 0 Å². The largest absolute Gasteiger partial charge is 0.373 e. The third-order valence-corrected chi connectivity index (χ3v) is 5.31. The van der Waals surface area contributed by atoms with Gasteiger partial charge in [0.05, 0.1) is 19.2 Å². The molecule has 3 heterocycles. The highest BCUT2D eigenvalue weighted by Crippen LogP contribution is 2.36. The van der Waals surface area contributed by atoms with E-state index in [9.17, 15) is 10.1 Å². The first-order valence-electron chi connectivity index (χ1n) is 7.78. The third kappa shape index (κ3) is 2.86. The maximum atomic E-state index is 11.6. The number of nitro groups is 1. The molecule has 1 saturated heterocycles. The van der Waals surface area contributed by atoms with E-state index >= 15 is 0 Å². The van der Waals surface area contributed by atoms with Crippen LogP contribution in [-0.4, -0.2) is 33.5 Å². The minimum absolute atomic E-state index is 0.00477. The number of thiazole rings is 1. The molecule has 0 N–H and O–H groups in total. The number of nitrogens with zero attached hydrogens (tertiary/aromatic N) is 4. The number of fused-ring (bicyclic) bond motifs is 1. The van der Waals surface area contributed by atoms with Crippen LogP contribution in [0.25, 0.3) is 4.96 Å². The first-order valence-corrected chi connectivity index (χ1v) is 9.04. The number of ether oxygens (including phenoxy) is 1. The van der Waals surface area contributed by atoms with Crippen molar-refractivity contribution in [1.82, 2.24) is 9.38 Å². The Labute approximate surface area is 152 Å². The number of anilines is 1. The van der Waals surface area contributed by atoms with Crippen LogP contribution in [0.1, 0.15) is 18.6 Å². The smallest absolute Gasteiger partial charge is 0.370 e. The molecule has 1 aliphatic heterocycles. The summed E-state index contributed by atoms with van der Waals surface area (Å²) in [7, 11) is 0. The number of halogens is 1. The van der Waals surface area contributed by atoms with Gasteiger partial charge in [-0.3, -0.25) is 0 Å². The summed E-state index contributed by atoms with van der Waals surface area (Å²) in [6, 6.07) is 7.48. The monoisotopic (exact) mass is 378 g/mol. The molecule has 0 saturated carbocycles. The summed E-state index contributed by atoms with van der Waals surface area (Å²) in [6.07, 6.45) is 1.46. The quantitative estimate of drug-likeness (QED) is 0.510. The normalized spacial score (nSPS) is 21.0. The van der Waals surface area contributed by atoms with Gasteiger partial charge in [0.2, 0.25) is 5.82 Å². The Morgan fingerprint density at radius 2 is 2.32 bits per heavy atom. The average Bonchev–Trinajstić information content (AvgIpc) is 3.15. The van der Waals surface area contributed by atoms with Crippen molar-refractivity contribution in [1.29, 1.82) is 0 Å². The van der Waals surface area contributed by atoms with Crippen LogP contribution in [-0.2, 0) is 4.74 Å². The second kappa shape index (κ2) is 6.29. The van der Waals surface area contributed by atoms with Gasteiger partial charge >= 0.3 is 5.82 Å². The average molecular weight is 379 g/mol. The van der Waals surface area contributed by atoms with Gasteiger partial charge in [-0.25, -0.2) is 0 Å². The van der Waals surface area contributed by atoms with E-state index in [-0.39, 0.29) is 22.9 Å². The van der Waals surface area contributed by atoms with Crippen LogP contribution in [0.2, 0.25) is 5.02 Å². The summed E-state index contributed by atoms with van der Waals surface area (Å²) < 4.78 is 7.46. The fraction of sp³-hybridized carbons (Fsp3) is 0.312. The second-order valence-electron chi connectivity index (χ2n) is 5.95. The lowest BCUT2D eigenvalue weighted by atomic mass is 10.1. The van der Waals surface area contributed by atoms with E-state index in [4.69, 9.17) is 16.3 Å². The van der Waals surface area contributed by atoms with Gasteiger partial charge in [-0.1, -0.05) is 35.1 Å². The molecule has 25 heavy (non-hydrogen) atoms. The van der Waals surface area contributed by atoms with E-state index in [0.29, 0.717) is 29.0 Å². The molecule has 2 unspecified atom stereocenters. The molecular formula is C16H15ClN4O3S. The number of benzene rings is 1. The summed E-state index contributed by atoms with van der Waals surface area (Å²) in [5, 5.41) is 14.0. The fourth-order valence-corrected chi connectivity index (χ4v) is 3.99. The van der Waals surface area contributed by atoms with Crippen LogP contribution in [0.4, 0.5) is 11.6 Å². The van der Waals surface area contributed by atoms with Crippen LogP contribution in [0.5, 0.6) is 0 Å². The number of rotatable bonds is 3. The van der Waals surface area contributed by atoms with E-state index in [1.165, 1.54) is 15.7 Å². The summed E-state index contributed by atoms with van der Waals surface area (Å²) >= 11 is 7.46. The molecule has 0 aliphatic carbocycles. The molecule has 1 aliphatic rings. The predicted octanol–water partition coefficient (Wildman–Crippen LogP) is 3.92. The van der Waals surface area contributed by atoms with Gasteiger partial charge in [-0.15, -0.1) is 0 Å². The number of hydrogen-bond donors (Lipinski definition) is 0. The van der Waals surface area contributed by atoms with Crippen molar-refractivity contribution < 1.29 is 9.66 Å². The van der Waals surface area contributed by atoms with Crippen molar-refractivity contribution in [3.63, 3.8) is 0 Å². The summed E-state index contributed by atoms with van der Waals surface area (Å²) in [4.78, 5) is 18.3. The van der Waals surface area contributed by atoms with Gasteiger partial charge in [0.1, 0.15) is 12.3 Å². The van der Waals surface area contributed by atoms with Crippen LogP contribution >= 0.6 is 22.9 Å². The molecule has 4 rings (SSSR count). The molecule has 7 nitrogen and oxygen atoms in total. The molecule has 0 bridgehead atoms. The molecule has 0 spiro atoms. The summed E-state index contributed by atoms with van der Waals surface area (Å²) in [6.45, 7) is 2.91. The van der Waals surface area contributed by atoms with Gasteiger partial charge in [0, 0.05) is 10.4 Å². The molecule has 1 fully saturated rings. The van der Waals surface area contributed by atoms with Crippen molar-refractivity contribution in [3.8, 4) is 0 Å². The number of morpholine rings is 1. The highest BCUT2D eigenvalue weighted by atomic mass is 35.5. The van der Waals surface area contributed by atoms with Crippen molar-refractivity contribution in [2.45, 2.75) is 19.1 Å². The SMILES string of the molecule is CC1COC(c2cccc(Cl)c2)CN1c1nc2sccn2c1[N+](=O)[O-]. The molecule has 0 radical (unpaired) electrons. The van der Waals surface area contributed by atoms with Crippen molar-refractivity contribution in [3.05, 3.63) is 56.5 Å². The highest BCUT2D eigenvalue weighted by Gasteiger charge is 2.35. The van der Waals surface area contributed by atoms with Crippen LogP contribution in [0.3, 0.4) is 0 Å². The topological polar surface area (TPSA) is 72.9 Å². The third-order valence-electron chi connectivity index (χ3n) is 4.32. The highest BCUT2D eigenvalue weighted by molar-refractivity contribution is 7.15. The zero-order chi connectivity index (χ0) is 17.6. The molecule has 0 amide bonds. The van der Waals surface area contributed by atoms with Gasteiger partial charge in [0.25, 0.3) is 4.96 Å². The zero-order valence-electron chi connectivity index (χ0n) is 13.3. The lowest BCUT2D eigenvalue weighted by molar-refractivity contribution is -0.389. The minimum atomic E-state index is -0.376. The van der Waals surface area contributed by atoms with Gasteiger partial charge in [-0.05, 0) is 29.5 Å². The number of imidazole rings is 1. The van der Waals surface area contributed by atoms with Gasteiger partial charge in [0.15, 0.2) is 0 Å². The predicted molar refractivity (Wildman–Crippen MR) is 96.7 cm³/mol. The van der Waals surface area contributed by atoms with Crippen molar-refractivity contribution in [2.75, 3.05) is 18.1 Å². The lowest BCUT2D eigenvalue weighted by Crippen LogP contribution is -2.45. The molecule has 1 aromatic carbocycles. The number of hydrogen-bond acceptors (Lipinski definition) is 6. The zero-order valence-corrected chi connectivity index (χ0v) is 14.9. The van der Waals surface area contributed by atoms with E-state index in [0.717, 1.165) is 5.56 Å². The van der Waals surface area contributed by atoms with Crippen LogP contribution in [0.15, 0.2) is 35.8 Å². The lowest BCUT2D eigenvalue weighted by Gasteiger charge is -2.38. The molecule has 2 atom stereocenters. The maximum Gasteiger partial charge on any atom is 0.373 e. The van der Waals surface area contributed by atoms with Gasteiger partial charge < -0.3 is 19.8 Å². The molecule has 130 valence electrons. The Balaban J connectivity index is 1.72. The van der Waals surface area contributed by atoms with Crippen molar-refractivity contribution >= 4 is 39.5 Å². The second-order valence-corrected chi connectivity index (χ2v) is 7.26. The first-order chi connectivity index (χ1) is 12.0. The molecular weight excluding hydrogens is 364 g/mol. The Kier molecular flexibility index (Phi) is 4.10. The van der Waals surface area contributed by atoms with Gasteiger partial charge in [-0.2, -0.15) is 9.38 Å². The summed E-state index contributed by atoms with van der Waals surface area (Å²) in [5.41, 5.74) is 0.952.